The third-order valence-corrected chi connectivity index (χ3v) is 5.37. The SMILES string of the molecule is CCCC(=O)N1CCC(c2nc3c(nnn3Cc3ccccc3F)c(=O)[nH]2)CC1. The van der Waals surface area contributed by atoms with Gasteiger partial charge in [-0.05, 0) is 25.3 Å². The van der Waals surface area contributed by atoms with Crippen LogP contribution in [0.4, 0.5) is 4.39 Å². The van der Waals surface area contributed by atoms with Crippen molar-refractivity contribution in [3.63, 3.8) is 0 Å². The fourth-order valence-electron chi connectivity index (χ4n) is 3.75. The van der Waals surface area contributed by atoms with Crippen molar-refractivity contribution < 1.29 is 9.18 Å². The Balaban J connectivity index is 1.58. The predicted molar refractivity (Wildman–Crippen MR) is 105 cm³/mol. The number of H-pyrrole nitrogens is 1. The van der Waals surface area contributed by atoms with Gasteiger partial charge in [0.1, 0.15) is 11.6 Å². The lowest BCUT2D eigenvalue weighted by molar-refractivity contribution is -0.132. The Morgan fingerprint density at radius 1 is 1.28 bits per heavy atom. The highest BCUT2D eigenvalue weighted by molar-refractivity contribution is 5.76. The Hall–Kier alpha value is -3.10. The van der Waals surface area contributed by atoms with Crippen LogP contribution in [-0.4, -0.2) is 48.9 Å². The van der Waals surface area contributed by atoms with Gasteiger partial charge in [-0.1, -0.05) is 30.3 Å². The minimum atomic E-state index is -0.353. The number of benzene rings is 1. The van der Waals surface area contributed by atoms with Gasteiger partial charge in [-0.15, -0.1) is 5.10 Å². The van der Waals surface area contributed by atoms with Gasteiger partial charge in [0, 0.05) is 31.0 Å². The van der Waals surface area contributed by atoms with Crippen LogP contribution in [-0.2, 0) is 11.3 Å². The average molecular weight is 398 g/mol. The van der Waals surface area contributed by atoms with Gasteiger partial charge in [0.25, 0.3) is 5.56 Å². The molecule has 1 aliphatic rings. The molecule has 1 saturated heterocycles. The number of likely N-dealkylation sites (tertiary alicyclic amines) is 1. The molecule has 1 amide bonds. The predicted octanol–water partition coefficient (Wildman–Crippen LogP) is 2.21. The molecular formula is C20H23FN6O2. The van der Waals surface area contributed by atoms with E-state index in [1.807, 2.05) is 11.8 Å². The third-order valence-electron chi connectivity index (χ3n) is 5.37. The Labute approximate surface area is 166 Å². The summed E-state index contributed by atoms with van der Waals surface area (Å²) in [6.45, 7) is 3.44. The molecule has 0 atom stereocenters. The summed E-state index contributed by atoms with van der Waals surface area (Å²) in [5.41, 5.74) is 0.581. The average Bonchev–Trinajstić information content (AvgIpc) is 3.13. The van der Waals surface area contributed by atoms with Gasteiger partial charge in [0.2, 0.25) is 5.91 Å². The molecule has 0 aliphatic carbocycles. The maximum atomic E-state index is 14.0. The lowest BCUT2D eigenvalue weighted by Gasteiger charge is -2.31. The third kappa shape index (κ3) is 3.90. The van der Waals surface area contributed by atoms with Crippen molar-refractivity contribution in [2.75, 3.05) is 13.1 Å². The van der Waals surface area contributed by atoms with E-state index in [-0.39, 0.29) is 35.3 Å². The van der Waals surface area contributed by atoms with E-state index in [0.29, 0.717) is 36.5 Å². The molecule has 1 fully saturated rings. The number of hydrogen-bond donors (Lipinski definition) is 1. The summed E-state index contributed by atoms with van der Waals surface area (Å²) >= 11 is 0. The zero-order valence-corrected chi connectivity index (χ0v) is 16.3. The van der Waals surface area contributed by atoms with Crippen molar-refractivity contribution in [2.45, 2.75) is 45.1 Å². The summed E-state index contributed by atoms with van der Waals surface area (Å²) in [7, 11) is 0. The number of rotatable bonds is 5. The van der Waals surface area contributed by atoms with E-state index in [0.717, 1.165) is 19.3 Å². The Morgan fingerprint density at radius 3 is 2.76 bits per heavy atom. The van der Waals surface area contributed by atoms with Crippen molar-refractivity contribution in [3.8, 4) is 0 Å². The number of aromatic amines is 1. The Bertz CT molecular complexity index is 1080. The summed E-state index contributed by atoms with van der Waals surface area (Å²) < 4.78 is 15.5. The maximum Gasteiger partial charge on any atom is 0.281 e. The van der Waals surface area contributed by atoms with Crippen molar-refractivity contribution in [3.05, 3.63) is 51.8 Å². The van der Waals surface area contributed by atoms with Crippen LogP contribution in [0, 0.1) is 5.82 Å². The fraction of sp³-hybridized carbons (Fsp3) is 0.450. The van der Waals surface area contributed by atoms with E-state index in [9.17, 15) is 14.0 Å². The molecule has 0 bridgehead atoms. The molecule has 0 spiro atoms. The van der Waals surface area contributed by atoms with Gasteiger partial charge in [0.15, 0.2) is 11.2 Å². The van der Waals surface area contributed by atoms with Crippen LogP contribution in [0.15, 0.2) is 29.1 Å². The molecule has 8 nitrogen and oxygen atoms in total. The van der Waals surface area contributed by atoms with Gasteiger partial charge >= 0.3 is 0 Å². The first-order chi connectivity index (χ1) is 14.1. The number of piperidine rings is 1. The first kappa shape index (κ1) is 19.2. The minimum Gasteiger partial charge on any atom is -0.343 e. The topological polar surface area (TPSA) is 96.8 Å². The maximum absolute atomic E-state index is 14.0. The summed E-state index contributed by atoms with van der Waals surface area (Å²) in [5.74, 6) is 0.456. The highest BCUT2D eigenvalue weighted by Crippen LogP contribution is 2.26. The molecule has 29 heavy (non-hydrogen) atoms. The first-order valence-corrected chi connectivity index (χ1v) is 9.91. The minimum absolute atomic E-state index is 0.0505. The van der Waals surface area contributed by atoms with E-state index in [1.54, 1.807) is 18.2 Å². The van der Waals surface area contributed by atoms with Crippen LogP contribution < -0.4 is 5.56 Å². The standard InChI is InChI=1S/C20H23FN6O2/c1-2-5-16(28)26-10-8-13(9-11-26)18-22-19-17(20(29)23-18)24-25-27(19)12-14-6-3-4-7-15(14)21/h3-4,6-7,13H,2,5,8-12H2,1H3,(H,22,23,29). The van der Waals surface area contributed by atoms with Gasteiger partial charge in [-0.25, -0.2) is 14.1 Å². The van der Waals surface area contributed by atoms with Crippen LogP contribution >= 0.6 is 0 Å². The summed E-state index contributed by atoms with van der Waals surface area (Å²) in [6, 6.07) is 6.42. The second-order valence-corrected chi connectivity index (χ2v) is 7.37. The largest absolute Gasteiger partial charge is 0.343 e. The molecule has 1 N–H and O–H groups in total. The number of carbonyl (C=O) groups is 1. The van der Waals surface area contributed by atoms with Crippen molar-refractivity contribution in [1.29, 1.82) is 0 Å². The molecule has 2 aromatic heterocycles. The second kappa shape index (κ2) is 8.10. The Morgan fingerprint density at radius 2 is 2.03 bits per heavy atom. The highest BCUT2D eigenvalue weighted by Gasteiger charge is 2.26. The monoisotopic (exact) mass is 398 g/mol. The number of carbonyl (C=O) groups excluding carboxylic acids is 1. The van der Waals surface area contributed by atoms with Crippen molar-refractivity contribution in [1.82, 2.24) is 29.9 Å². The summed E-state index contributed by atoms with van der Waals surface area (Å²) in [4.78, 5) is 33.9. The molecule has 0 radical (unpaired) electrons. The zero-order valence-electron chi connectivity index (χ0n) is 16.3. The van der Waals surface area contributed by atoms with Crippen LogP contribution in [0.5, 0.6) is 0 Å². The van der Waals surface area contributed by atoms with Crippen LogP contribution in [0.3, 0.4) is 0 Å². The first-order valence-electron chi connectivity index (χ1n) is 9.91. The van der Waals surface area contributed by atoms with E-state index < -0.39 is 0 Å². The van der Waals surface area contributed by atoms with Crippen LogP contribution in [0.1, 0.15) is 49.9 Å². The number of fused-ring (bicyclic) bond motifs is 1. The number of amides is 1. The van der Waals surface area contributed by atoms with E-state index >= 15 is 0 Å². The van der Waals surface area contributed by atoms with Crippen molar-refractivity contribution >= 4 is 17.1 Å². The number of aromatic nitrogens is 5. The normalized spacial score (nSPS) is 15.2. The molecule has 1 aromatic carbocycles. The lowest BCUT2D eigenvalue weighted by atomic mass is 9.95. The highest BCUT2D eigenvalue weighted by atomic mass is 19.1. The molecule has 3 aromatic rings. The van der Waals surface area contributed by atoms with Crippen LogP contribution in [0.2, 0.25) is 0 Å². The van der Waals surface area contributed by atoms with Gasteiger partial charge in [-0.2, -0.15) is 0 Å². The van der Waals surface area contributed by atoms with Gasteiger partial charge in [-0.3, -0.25) is 9.59 Å². The number of halogens is 1. The number of nitrogens with zero attached hydrogens (tertiary/aromatic N) is 5. The molecule has 4 rings (SSSR count). The summed E-state index contributed by atoms with van der Waals surface area (Å²) in [6.07, 6.45) is 2.87. The molecule has 0 saturated carbocycles. The molecule has 3 heterocycles. The van der Waals surface area contributed by atoms with Crippen molar-refractivity contribution in [2.24, 2.45) is 0 Å². The zero-order chi connectivity index (χ0) is 20.4. The van der Waals surface area contributed by atoms with Gasteiger partial charge < -0.3 is 9.88 Å². The van der Waals surface area contributed by atoms with E-state index in [1.165, 1.54) is 10.7 Å². The fourth-order valence-corrected chi connectivity index (χ4v) is 3.75. The summed E-state index contributed by atoms with van der Waals surface area (Å²) in [5, 5.41) is 7.92. The van der Waals surface area contributed by atoms with Crippen LogP contribution in [0.25, 0.3) is 11.2 Å². The molecule has 1 aliphatic heterocycles. The lowest BCUT2D eigenvalue weighted by Crippen LogP contribution is -2.38. The molecule has 9 heteroatoms. The smallest absolute Gasteiger partial charge is 0.281 e. The number of nitrogens with one attached hydrogen (secondary N) is 1. The molecule has 0 unspecified atom stereocenters. The van der Waals surface area contributed by atoms with E-state index in [2.05, 4.69) is 20.3 Å². The molecule has 152 valence electrons. The second-order valence-electron chi connectivity index (χ2n) is 7.37. The van der Waals surface area contributed by atoms with Gasteiger partial charge in [0.05, 0.1) is 6.54 Å². The molecular weight excluding hydrogens is 375 g/mol. The number of hydrogen-bond acceptors (Lipinski definition) is 5. The Kier molecular flexibility index (Phi) is 5.37. The quantitative estimate of drug-likeness (QED) is 0.711. The van der Waals surface area contributed by atoms with E-state index in [4.69, 9.17) is 0 Å².